The van der Waals surface area contributed by atoms with Crippen molar-refractivity contribution in [1.82, 2.24) is 14.8 Å². The van der Waals surface area contributed by atoms with Crippen LogP contribution < -0.4 is 0 Å². The van der Waals surface area contributed by atoms with Crippen LogP contribution in [0.15, 0.2) is 42.7 Å². The Hall–Kier alpha value is -2.89. The van der Waals surface area contributed by atoms with E-state index in [9.17, 15) is 9.59 Å². The maximum absolute atomic E-state index is 12.8. The van der Waals surface area contributed by atoms with Crippen molar-refractivity contribution >= 4 is 12.0 Å². The molecule has 2 aliphatic rings. The van der Waals surface area contributed by atoms with Crippen LogP contribution in [-0.2, 0) is 35.5 Å². The zero-order chi connectivity index (χ0) is 23.4. The summed E-state index contributed by atoms with van der Waals surface area (Å²) in [5.41, 5.74) is 4.30. The van der Waals surface area contributed by atoms with Crippen molar-refractivity contribution in [2.24, 2.45) is 5.92 Å². The van der Waals surface area contributed by atoms with Gasteiger partial charge in [0.05, 0.1) is 0 Å². The van der Waals surface area contributed by atoms with E-state index in [4.69, 9.17) is 4.74 Å². The Morgan fingerprint density at radius 2 is 1.67 bits per heavy atom. The number of hydrogen-bond acceptors (Lipinski definition) is 4. The normalized spacial score (nSPS) is 16.6. The lowest BCUT2D eigenvalue weighted by atomic mass is 9.90. The number of piperidine rings is 1. The van der Waals surface area contributed by atoms with Crippen LogP contribution in [0.5, 0.6) is 0 Å². The predicted octanol–water partition coefficient (Wildman–Crippen LogP) is 4.75. The summed E-state index contributed by atoms with van der Waals surface area (Å²) in [6.07, 6.45) is 7.88. The molecule has 6 nitrogen and oxygen atoms in total. The van der Waals surface area contributed by atoms with Crippen molar-refractivity contribution in [2.75, 3.05) is 13.1 Å². The molecule has 1 aromatic heterocycles. The number of amides is 2. The molecule has 0 atom stereocenters. The van der Waals surface area contributed by atoms with Gasteiger partial charge in [-0.15, -0.1) is 0 Å². The number of nitrogens with zero attached hydrogens (tertiary/aromatic N) is 3. The minimum Gasteiger partial charge on any atom is -0.444 e. The van der Waals surface area contributed by atoms with Crippen molar-refractivity contribution in [3.05, 3.63) is 65.0 Å². The van der Waals surface area contributed by atoms with Crippen molar-refractivity contribution in [3.63, 3.8) is 0 Å². The molecule has 1 saturated heterocycles. The Balaban J connectivity index is 1.23. The van der Waals surface area contributed by atoms with Crippen molar-refractivity contribution in [1.29, 1.82) is 0 Å². The van der Waals surface area contributed by atoms with Crippen molar-refractivity contribution < 1.29 is 14.3 Å². The highest BCUT2D eigenvalue weighted by Crippen LogP contribution is 2.27. The van der Waals surface area contributed by atoms with Gasteiger partial charge in [0.1, 0.15) is 5.60 Å². The standard InChI is InChI=1S/C27H35N3O3/c1-27(2,3)33-26(32)30-18-23-6-4-20(17-24(23)19-30)5-7-25(31)29-14-10-22(11-15-29)16-21-8-12-28-13-9-21/h4,6,8-9,12-13,17,22H,5,7,10-11,14-16,18-19H2,1-3H3. The summed E-state index contributed by atoms with van der Waals surface area (Å²) < 4.78 is 5.50. The van der Waals surface area contributed by atoms with Crippen LogP contribution in [0, 0.1) is 5.92 Å². The molecule has 176 valence electrons. The van der Waals surface area contributed by atoms with Gasteiger partial charge in [-0.05, 0) is 86.8 Å². The van der Waals surface area contributed by atoms with Gasteiger partial charge in [-0.2, -0.15) is 0 Å². The third-order valence-corrected chi connectivity index (χ3v) is 6.51. The van der Waals surface area contributed by atoms with Crippen LogP contribution >= 0.6 is 0 Å². The van der Waals surface area contributed by atoms with E-state index in [-0.39, 0.29) is 12.0 Å². The topological polar surface area (TPSA) is 62.7 Å². The SMILES string of the molecule is CC(C)(C)OC(=O)N1Cc2ccc(CCC(=O)N3CCC(Cc4ccncc4)CC3)cc2C1. The molecular weight excluding hydrogens is 414 g/mol. The van der Waals surface area contributed by atoms with E-state index in [0.29, 0.717) is 25.4 Å². The lowest BCUT2D eigenvalue weighted by Gasteiger charge is -2.32. The monoisotopic (exact) mass is 449 g/mol. The summed E-state index contributed by atoms with van der Waals surface area (Å²) in [6, 6.07) is 10.5. The zero-order valence-corrected chi connectivity index (χ0v) is 20.0. The summed E-state index contributed by atoms with van der Waals surface area (Å²) in [5.74, 6) is 0.884. The second kappa shape index (κ2) is 9.94. The highest BCUT2D eigenvalue weighted by atomic mass is 16.6. The molecule has 0 N–H and O–H groups in total. The van der Waals surface area contributed by atoms with E-state index in [1.54, 1.807) is 4.90 Å². The number of pyridine rings is 1. The first-order valence-corrected chi connectivity index (χ1v) is 12.0. The Morgan fingerprint density at radius 3 is 2.36 bits per heavy atom. The summed E-state index contributed by atoms with van der Waals surface area (Å²) in [6.45, 7) is 8.49. The van der Waals surface area contributed by atoms with Crippen LogP contribution in [0.4, 0.5) is 4.79 Å². The molecule has 0 saturated carbocycles. The highest BCUT2D eigenvalue weighted by Gasteiger charge is 2.28. The van der Waals surface area contributed by atoms with E-state index >= 15 is 0 Å². The average Bonchev–Trinajstić information content (AvgIpc) is 3.21. The zero-order valence-electron chi connectivity index (χ0n) is 20.0. The first-order chi connectivity index (χ1) is 15.8. The number of hydrogen-bond donors (Lipinski definition) is 0. The Bertz CT molecular complexity index is 976. The van der Waals surface area contributed by atoms with Gasteiger partial charge in [0.15, 0.2) is 0 Å². The van der Waals surface area contributed by atoms with E-state index in [1.165, 1.54) is 5.56 Å². The summed E-state index contributed by atoms with van der Waals surface area (Å²) in [4.78, 5) is 33.0. The number of likely N-dealkylation sites (tertiary alicyclic amines) is 1. The number of benzene rings is 1. The molecule has 1 fully saturated rings. The van der Waals surface area contributed by atoms with Crippen LogP contribution in [0.1, 0.15) is 62.3 Å². The first-order valence-electron chi connectivity index (χ1n) is 12.0. The smallest absolute Gasteiger partial charge is 0.410 e. The minimum absolute atomic E-state index is 0.244. The Morgan fingerprint density at radius 1 is 0.970 bits per heavy atom. The molecule has 1 aromatic carbocycles. The van der Waals surface area contributed by atoms with Gasteiger partial charge in [-0.1, -0.05) is 18.2 Å². The number of fused-ring (bicyclic) bond motifs is 1. The third-order valence-electron chi connectivity index (χ3n) is 6.51. The molecule has 0 radical (unpaired) electrons. The third kappa shape index (κ3) is 6.34. The average molecular weight is 450 g/mol. The van der Waals surface area contributed by atoms with Gasteiger partial charge in [-0.25, -0.2) is 4.79 Å². The lowest BCUT2D eigenvalue weighted by molar-refractivity contribution is -0.132. The van der Waals surface area contributed by atoms with E-state index < -0.39 is 5.60 Å². The number of ether oxygens (including phenoxy) is 1. The van der Waals surface area contributed by atoms with Gasteiger partial charge in [0.2, 0.25) is 5.91 Å². The van der Waals surface area contributed by atoms with Crippen LogP contribution in [0.2, 0.25) is 0 Å². The highest BCUT2D eigenvalue weighted by molar-refractivity contribution is 5.76. The van der Waals surface area contributed by atoms with E-state index in [1.807, 2.05) is 38.1 Å². The summed E-state index contributed by atoms with van der Waals surface area (Å²) in [5, 5.41) is 0. The molecule has 6 heteroatoms. The van der Waals surface area contributed by atoms with Gasteiger partial charge in [0, 0.05) is 45.0 Å². The minimum atomic E-state index is -0.495. The fourth-order valence-corrected chi connectivity index (χ4v) is 4.71. The molecule has 4 rings (SSSR count). The van der Waals surface area contributed by atoms with Gasteiger partial charge in [-0.3, -0.25) is 14.7 Å². The number of carbonyl (C=O) groups excluding carboxylic acids is 2. The maximum Gasteiger partial charge on any atom is 0.410 e. The van der Waals surface area contributed by atoms with Crippen molar-refractivity contribution in [2.45, 2.75) is 71.6 Å². The van der Waals surface area contributed by atoms with E-state index in [0.717, 1.165) is 55.5 Å². The summed E-state index contributed by atoms with van der Waals surface area (Å²) >= 11 is 0. The molecule has 2 amide bonds. The molecule has 0 bridgehead atoms. The second-order valence-corrected chi connectivity index (χ2v) is 10.3. The first kappa shape index (κ1) is 23.3. The lowest BCUT2D eigenvalue weighted by Crippen LogP contribution is -2.39. The molecule has 3 heterocycles. The van der Waals surface area contributed by atoms with Gasteiger partial charge in [0.25, 0.3) is 0 Å². The van der Waals surface area contributed by atoms with Gasteiger partial charge >= 0.3 is 6.09 Å². The van der Waals surface area contributed by atoms with Crippen LogP contribution in [-0.4, -0.2) is 45.5 Å². The largest absolute Gasteiger partial charge is 0.444 e. The fourth-order valence-electron chi connectivity index (χ4n) is 4.71. The molecular formula is C27H35N3O3. The van der Waals surface area contributed by atoms with Crippen molar-refractivity contribution in [3.8, 4) is 0 Å². The molecule has 2 aromatic rings. The maximum atomic E-state index is 12.8. The molecule has 0 unspecified atom stereocenters. The summed E-state index contributed by atoms with van der Waals surface area (Å²) in [7, 11) is 0. The van der Waals surface area contributed by atoms with Gasteiger partial charge < -0.3 is 9.64 Å². The predicted molar refractivity (Wildman–Crippen MR) is 127 cm³/mol. The fraction of sp³-hybridized carbons (Fsp3) is 0.519. The Labute approximate surface area is 196 Å². The van der Waals surface area contributed by atoms with Crippen LogP contribution in [0.25, 0.3) is 0 Å². The number of carbonyl (C=O) groups is 2. The quantitative estimate of drug-likeness (QED) is 0.661. The molecule has 0 aliphatic carbocycles. The second-order valence-electron chi connectivity index (χ2n) is 10.3. The Kier molecular flexibility index (Phi) is 7.01. The van der Waals surface area contributed by atoms with Crippen LogP contribution in [0.3, 0.4) is 0 Å². The molecule has 2 aliphatic heterocycles. The molecule has 33 heavy (non-hydrogen) atoms. The molecule has 0 spiro atoms. The number of aryl methyl sites for hydroxylation is 1. The van der Waals surface area contributed by atoms with E-state index in [2.05, 4.69) is 35.3 Å². The number of aromatic nitrogens is 1. The number of rotatable bonds is 5.